The Labute approximate surface area is 118 Å². The molecular formula is C13H17BrN2O2. The maximum atomic E-state index is 10.5. The second-order valence-electron chi connectivity index (χ2n) is 5.14. The van der Waals surface area contributed by atoms with Crippen LogP contribution in [0.3, 0.4) is 0 Å². The largest absolute Gasteiger partial charge is 1.00 e. The molecular weight excluding hydrogens is 296 g/mol. The molecule has 0 amide bonds. The van der Waals surface area contributed by atoms with E-state index < -0.39 is 5.79 Å². The van der Waals surface area contributed by atoms with Gasteiger partial charge in [-0.15, -0.1) is 0 Å². The number of morpholine rings is 1. The molecule has 0 bridgehead atoms. The molecule has 1 heterocycles. The number of ether oxygens (including phenoxy) is 1. The first kappa shape index (κ1) is 15.1. The fraction of sp³-hybridized carbons (Fsp3) is 0.462. The van der Waals surface area contributed by atoms with E-state index in [0.717, 1.165) is 11.0 Å². The fourth-order valence-corrected chi connectivity index (χ4v) is 2.15. The number of hydrogen-bond donors (Lipinski definition) is 1. The topological polar surface area (TPSA) is 53.2 Å². The predicted octanol–water partition coefficient (Wildman–Crippen LogP) is -2.19. The van der Waals surface area contributed by atoms with Crippen molar-refractivity contribution in [1.29, 1.82) is 5.26 Å². The van der Waals surface area contributed by atoms with Gasteiger partial charge in [-0.2, -0.15) is 5.26 Å². The maximum absolute atomic E-state index is 10.5. The zero-order valence-corrected chi connectivity index (χ0v) is 12.1. The maximum Gasteiger partial charge on any atom is 0.243 e. The number of halogens is 1. The lowest BCUT2D eigenvalue weighted by molar-refractivity contribution is -0.912. The SMILES string of the molecule is C[N+]1(C)CCO[C@@](O)(c2ccc(C#N)cc2)C1.[Br-]. The lowest BCUT2D eigenvalue weighted by Gasteiger charge is -2.42. The third-order valence-corrected chi connectivity index (χ3v) is 3.14. The molecule has 0 aliphatic carbocycles. The molecule has 1 saturated heterocycles. The van der Waals surface area contributed by atoms with Gasteiger partial charge in [0, 0.05) is 5.56 Å². The van der Waals surface area contributed by atoms with E-state index in [9.17, 15) is 5.11 Å². The zero-order valence-electron chi connectivity index (χ0n) is 10.6. The van der Waals surface area contributed by atoms with E-state index in [2.05, 4.69) is 20.2 Å². The summed E-state index contributed by atoms with van der Waals surface area (Å²) in [6, 6.07) is 8.97. The number of nitrogens with zero attached hydrogens (tertiary/aromatic N) is 2. The summed E-state index contributed by atoms with van der Waals surface area (Å²) in [6.45, 7) is 1.93. The van der Waals surface area contributed by atoms with Crippen LogP contribution in [0.15, 0.2) is 24.3 Å². The Morgan fingerprint density at radius 3 is 2.44 bits per heavy atom. The minimum atomic E-state index is -1.24. The normalized spacial score (nSPS) is 25.9. The summed E-state index contributed by atoms with van der Waals surface area (Å²) in [6.07, 6.45) is 0. The van der Waals surface area contributed by atoms with Crippen molar-refractivity contribution >= 4 is 0 Å². The highest BCUT2D eigenvalue weighted by Crippen LogP contribution is 2.29. The molecule has 1 aromatic carbocycles. The molecule has 1 fully saturated rings. The predicted molar refractivity (Wildman–Crippen MR) is 62.8 cm³/mol. The van der Waals surface area contributed by atoms with Crippen LogP contribution in [-0.4, -0.2) is 43.4 Å². The van der Waals surface area contributed by atoms with Crippen LogP contribution in [0.2, 0.25) is 0 Å². The Morgan fingerprint density at radius 2 is 1.94 bits per heavy atom. The lowest BCUT2D eigenvalue weighted by Crippen LogP contribution is -3.00. The molecule has 5 heteroatoms. The number of likely N-dealkylation sites (N-methyl/N-ethyl adjacent to an activating group) is 1. The van der Waals surface area contributed by atoms with Gasteiger partial charge in [0.1, 0.15) is 13.1 Å². The second-order valence-corrected chi connectivity index (χ2v) is 5.14. The third kappa shape index (κ3) is 3.09. The number of aliphatic hydroxyl groups is 1. The van der Waals surface area contributed by atoms with Gasteiger partial charge in [-0.05, 0) is 12.1 Å². The van der Waals surface area contributed by atoms with Gasteiger partial charge in [0.2, 0.25) is 5.79 Å². The van der Waals surface area contributed by atoms with Gasteiger partial charge in [0.15, 0.2) is 0 Å². The molecule has 1 N–H and O–H groups in total. The van der Waals surface area contributed by atoms with Crippen LogP contribution in [0.5, 0.6) is 0 Å². The monoisotopic (exact) mass is 312 g/mol. The molecule has 0 aromatic heterocycles. The number of hydrogen-bond acceptors (Lipinski definition) is 3. The van der Waals surface area contributed by atoms with Gasteiger partial charge in [-0.25, -0.2) is 0 Å². The Kier molecular flexibility index (Phi) is 4.51. The molecule has 4 nitrogen and oxygen atoms in total. The Bertz CT molecular complexity index is 453. The van der Waals surface area contributed by atoms with E-state index in [-0.39, 0.29) is 17.0 Å². The third-order valence-electron chi connectivity index (χ3n) is 3.14. The lowest BCUT2D eigenvalue weighted by atomic mass is 10.0. The summed E-state index contributed by atoms with van der Waals surface area (Å²) in [7, 11) is 4.13. The molecule has 1 aliphatic heterocycles. The van der Waals surface area contributed by atoms with Crippen molar-refractivity contribution in [2.24, 2.45) is 0 Å². The Hall–Kier alpha value is -0.930. The van der Waals surface area contributed by atoms with Gasteiger partial charge in [0.25, 0.3) is 0 Å². The zero-order chi connectivity index (χ0) is 12.5. The molecule has 0 unspecified atom stereocenters. The molecule has 98 valence electrons. The van der Waals surface area contributed by atoms with E-state index in [1.165, 1.54) is 0 Å². The standard InChI is InChI=1S/C13H17N2O2.BrH/c1-15(2)7-8-17-13(16,10-15)12-5-3-11(9-14)4-6-12;/h3-6,16H,7-8,10H2,1-2H3;1H/q+1;/p-1/t13-;/m1./s1. The highest BCUT2D eigenvalue weighted by molar-refractivity contribution is 5.33. The van der Waals surface area contributed by atoms with E-state index in [0.29, 0.717) is 24.3 Å². The van der Waals surface area contributed by atoms with Crippen molar-refractivity contribution in [3.8, 4) is 6.07 Å². The van der Waals surface area contributed by atoms with Crippen LogP contribution in [0.4, 0.5) is 0 Å². The molecule has 0 spiro atoms. The smallest absolute Gasteiger partial charge is 0.243 e. The molecule has 0 saturated carbocycles. The van der Waals surface area contributed by atoms with Crippen molar-refractivity contribution in [1.82, 2.24) is 0 Å². The number of quaternary nitrogens is 1. The molecule has 1 aromatic rings. The van der Waals surface area contributed by atoms with Gasteiger partial charge >= 0.3 is 0 Å². The Balaban J connectivity index is 0.00000162. The van der Waals surface area contributed by atoms with E-state index in [4.69, 9.17) is 10.00 Å². The molecule has 18 heavy (non-hydrogen) atoms. The van der Waals surface area contributed by atoms with Crippen LogP contribution in [0.25, 0.3) is 0 Å². The van der Waals surface area contributed by atoms with E-state index >= 15 is 0 Å². The number of rotatable bonds is 1. The molecule has 2 rings (SSSR count). The van der Waals surface area contributed by atoms with Crippen LogP contribution in [0, 0.1) is 11.3 Å². The first-order chi connectivity index (χ1) is 7.95. The number of nitriles is 1. The summed E-state index contributed by atoms with van der Waals surface area (Å²) in [5.41, 5.74) is 1.30. The minimum absolute atomic E-state index is 0. The van der Waals surface area contributed by atoms with Crippen LogP contribution in [-0.2, 0) is 10.5 Å². The molecule has 0 radical (unpaired) electrons. The minimum Gasteiger partial charge on any atom is -1.00 e. The van der Waals surface area contributed by atoms with Crippen molar-refractivity contribution in [3.63, 3.8) is 0 Å². The van der Waals surface area contributed by atoms with Gasteiger partial charge in [0.05, 0.1) is 32.3 Å². The highest BCUT2D eigenvalue weighted by Gasteiger charge is 2.42. The van der Waals surface area contributed by atoms with Crippen molar-refractivity contribution < 1.29 is 31.3 Å². The average Bonchev–Trinajstić information content (AvgIpc) is 2.27. The summed E-state index contributed by atoms with van der Waals surface area (Å²) in [5, 5.41) is 19.3. The average molecular weight is 313 g/mol. The van der Waals surface area contributed by atoms with Crippen LogP contribution >= 0.6 is 0 Å². The fourth-order valence-electron chi connectivity index (χ4n) is 2.15. The Morgan fingerprint density at radius 1 is 1.33 bits per heavy atom. The van der Waals surface area contributed by atoms with E-state index in [1.54, 1.807) is 24.3 Å². The van der Waals surface area contributed by atoms with Crippen molar-refractivity contribution in [2.45, 2.75) is 5.79 Å². The van der Waals surface area contributed by atoms with Crippen LogP contribution in [0.1, 0.15) is 11.1 Å². The second kappa shape index (κ2) is 5.37. The highest BCUT2D eigenvalue weighted by atomic mass is 79.9. The first-order valence-corrected chi connectivity index (χ1v) is 5.64. The quantitative estimate of drug-likeness (QED) is 0.600. The molecule has 1 aliphatic rings. The van der Waals surface area contributed by atoms with Gasteiger partial charge in [-0.1, -0.05) is 12.1 Å². The van der Waals surface area contributed by atoms with Crippen LogP contribution < -0.4 is 17.0 Å². The number of benzene rings is 1. The van der Waals surface area contributed by atoms with E-state index in [1.807, 2.05) is 0 Å². The summed E-state index contributed by atoms with van der Waals surface area (Å²) in [4.78, 5) is 0. The first-order valence-electron chi connectivity index (χ1n) is 5.64. The van der Waals surface area contributed by atoms with Gasteiger partial charge < -0.3 is 31.3 Å². The summed E-state index contributed by atoms with van der Waals surface area (Å²) >= 11 is 0. The van der Waals surface area contributed by atoms with Gasteiger partial charge in [-0.3, -0.25) is 0 Å². The summed E-state index contributed by atoms with van der Waals surface area (Å²) < 4.78 is 6.24. The van der Waals surface area contributed by atoms with Crippen molar-refractivity contribution in [3.05, 3.63) is 35.4 Å². The van der Waals surface area contributed by atoms with Crippen molar-refractivity contribution in [2.75, 3.05) is 33.8 Å². The molecule has 1 atom stereocenters. The summed E-state index contributed by atoms with van der Waals surface area (Å²) in [5.74, 6) is -1.24.